The second kappa shape index (κ2) is 10.4. The fourth-order valence-corrected chi connectivity index (χ4v) is 6.66. The molecule has 5 heteroatoms. The summed E-state index contributed by atoms with van der Waals surface area (Å²) in [6.45, 7) is 2.23. The van der Waals surface area contributed by atoms with E-state index >= 15 is 0 Å². The molecule has 1 N–H and O–H groups in total. The fraction of sp³-hybridized carbons (Fsp3) is 0.419. The Morgan fingerprint density at radius 2 is 1.86 bits per heavy atom. The van der Waals surface area contributed by atoms with Gasteiger partial charge in [0.25, 0.3) is 5.91 Å². The molecule has 1 saturated carbocycles. The van der Waals surface area contributed by atoms with E-state index in [9.17, 15) is 4.79 Å². The number of hydrogen-bond donors (Lipinski definition) is 1. The number of nitrogens with one attached hydrogen (secondary N) is 1. The van der Waals surface area contributed by atoms with Crippen molar-refractivity contribution in [3.63, 3.8) is 0 Å². The van der Waals surface area contributed by atoms with Crippen LogP contribution in [0.25, 0.3) is 17.0 Å². The van der Waals surface area contributed by atoms with Crippen molar-refractivity contribution in [2.24, 2.45) is 5.10 Å². The molecule has 2 aromatic carbocycles. The molecule has 0 bridgehead atoms. The Balaban J connectivity index is 1.16. The Hall–Kier alpha value is -3.18. The first-order valence-electron chi connectivity index (χ1n) is 13.7. The SMILES string of the molecule is O=C(CN1CCn2c3c(c4cc(C5CCCCC5)ccc42)CCC[C@@H]31)NN=CC=Cc1ccccc1. The number of amides is 1. The molecule has 0 radical (unpaired) electrons. The maximum Gasteiger partial charge on any atom is 0.254 e. The number of carbonyl (C=O) groups is 1. The van der Waals surface area contributed by atoms with Crippen LogP contribution < -0.4 is 5.43 Å². The Morgan fingerprint density at radius 3 is 2.72 bits per heavy atom. The highest BCUT2D eigenvalue weighted by Gasteiger charge is 2.35. The highest BCUT2D eigenvalue weighted by molar-refractivity contribution is 5.87. The van der Waals surface area contributed by atoms with Crippen LogP contribution in [0, 0.1) is 0 Å². The van der Waals surface area contributed by atoms with Gasteiger partial charge in [-0.05, 0) is 72.9 Å². The van der Waals surface area contributed by atoms with Gasteiger partial charge in [0, 0.05) is 35.9 Å². The third-order valence-electron chi connectivity index (χ3n) is 8.37. The molecule has 6 rings (SSSR count). The number of aryl methyl sites for hydroxylation is 1. The highest BCUT2D eigenvalue weighted by atomic mass is 16.2. The summed E-state index contributed by atoms with van der Waals surface area (Å²) in [7, 11) is 0. The molecule has 36 heavy (non-hydrogen) atoms. The molecular formula is C31H36N4O. The minimum absolute atomic E-state index is 0.0457. The van der Waals surface area contributed by atoms with Crippen molar-refractivity contribution in [3.8, 4) is 0 Å². The zero-order valence-electron chi connectivity index (χ0n) is 21.0. The van der Waals surface area contributed by atoms with Gasteiger partial charge in [-0.15, -0.1) is 0 Å². The van der Waals surface area contributed by atoms with Gasteiger partial charge in [0.15, 0.2) is 0 Å². The molecule has 2 heterocycles. The first kappa shape index (κ1) is 23.2. The summed E-state index contributed by atoms with van der Waals surface area (Å²) >= 11 is 0. The van der Waals surface area contributed by atoms with Crippen LogP contribution in [0.3, 0.4) is 0 Å². The zero-order chi connectivity index (χ0) is 24.3. The smallest absolute Gasteiger partial charge is 0.254 e. The van der Waals surface area contributed by atoms with E-state index in [1.807, 2.05) is 42.5 Å². The van der Waals surface area contributed by atoms with E-state index in [0.29, 0.717) is 12.6 Å². The Bertz CT molecular complexity index is 1280. The van der Waals surface area contributed by atoms with Gasteiger partial charge in [-0.25, -0.2) is 5.43 Å². The topological polar surface area (TPSA) is 49.6 Å². The first-order valence-corrected chi connectivity index (χ1v) is 13.7. The summed E-state index contributed by atoms with van der Waals surface area (Å²) in [5.41, 5.74) is 9.76. The molecule has 0 saturated heterocycles. The van der Waals surface area contributed by atoms with Crippen molar-refractivity contribution >= 4 is 29.1 Å². The average Bonchev–Trinajstić information content (AvgIpc) is 3.25. The number of fused-ring (bicyclic) bond motifs is 3. The maximum atomic E-state index is 12.7. The van der Waals surface area contributed by atoms with E-state index in [4.69, 9.17) is 0 Å². The molecule has 3 aliphatic rings. The second-order valence-corrected chi connectivity index (χ2v) is 10.6. The van der Waals surface area contributed by atoms with E-state index in [-0.39, 0.29) is 5.91 Å². The Labute approximate surface area is 213 Å². The van der Waals surface area contributed by atoms with E-state index in [1.54, 1.807) is 11.8 Å². The van der Waals surface area contributed by atoms with Crippen LogP contribution in [-0.2, 0) is 17.8 Å². The van der Waals surface area contributed by atoms with Crippen LogP contribution in [0.5, 0.6) is 0 Å². The minimum atomic E-state index is -0.0457. The van der Waals surface area contributed by atoms with Crippen LogP contribution in [0.4, 0.5) is 0 Å². The molecule has 0 spiro atoms. The molecule has 1 fully saturated rings. The van der Waals surface area contributed by atoms with Crippen LogP contribution >= 0.6 is 0 Å². The third kappa shape index (κ3) is 4.64. The molecule has 2 aliphatic carbocycles. The van der Waals surface area contributed by atoms with Crippen molar-refractivity contribution in [2.45, 2.75) is 69.9 Å². The van der Waals surface area contributed by atoms with E-state index in [0.717, 1.165) is 37.4 Å². The van der Waals surface area contributed by atoms with Crippen LogP contribution in [0.2, 0.25) is 0 Å². The summed E-state index contributed by atoms with van der Waals surface area (Å²) < 4.78 is 2.56. The maximum absolute atomic E-state index is 12.7. The third-order valence-corrected chi connectivity index (χ3v) is 8.37. The normalized spacial score (nSPS) is 20.8. The van der Waals surface area contributed by atoms with E-state index in [1.165, 1.54) is 60.7 Å². The molecule has 186 valence electrons. The standard InChI is InChI=1S/C31H36N4O/c36-30(33-32-18-8-11-23-9-3-1-4-10-23)22-34-19-20-35-28-17-16-25(24-12-5-2-6-13-24)21-27(28)26-14-7-15-29(34)31(26)35/h1,3-4,8-11,16-18,21,24,29H,2,5-7,12-15,19-20,22H2,(H,33,36)/t29-/m0/s1. The van der Waals surface area contributed by atoms with Gasteiger partial charge in [0.1, 0.15) is 0 Å². The van der Waals surface area contributed by atoms with Gasteiger partial charge >= 0.3 is 0 Å². The lowest BCUT2D eigenvalue weighted by atomic mass is 9.83. The van der Waals surface area contributed by atoms with Crippen molar-refractivity contribution < 1.29 is 4.79 Å². The van der Waals surface area contributed by atoms with Crippen molar-refractivity contribution in [1.82, 2.24) is 14.9 Å². The Kier molecular flexibility index (Phi) is 6.73. The highest BCUT2D eigenvalue weighted by Crippen LogP contribution is 2.44. The molecule has 1 atom stereocenters. The summed E-state index contributed by atoms with van der Waals surface area (Å²) in [5.74, 6) is 0.686. The second-order valence-electron chi connectivity index (χ2n) is 10.6. The van der Waals surface area contributed by atoms with Gasteiger partial charge in [-0.1, -0.05) is 61.7 Å². The molecule has 1 aromatic heterocycles. The predicted octanol–water partition coefficient (Wildman–Crippen LogP) is 6.20. The van der Waals surface area contributed by atoms with Crippen LogP contribution in [-0.4, -0.2) is 34.7 Å². The zero-order valence-corrected chi connectivity index (χ0v) is 21.0. The van der Waals surface area contributed by atoms with Crippen LogP contribution in [0.1, 0.15) is 79.3 Å². The van der Waals surface area contributed by atoms with Gasteiger partial charge in [0.05, 0.1) is 12.6 Å². The number of nitrogens with zero attached hydrogens (tertiary/aromatic N) is 3. The van der Waals surface area contributed by atoms with Crippen molar-refractivity contribution in [3.05, 3.63) is 77.0 Å². The summed E-state index contributed by atoms with van der Waals surface area (Å²) in [6.07, 6.45) is 15.7. The lowest BCUT2D eigenvalue weighted by molar-refractivity contribution is -0.123. The lowest BCUT2D eigenvalue weighted by Gasteiger charge is -2.39. The van der Waals surface area contributed by atoms with Gasteiger partial charge < -0.3 is 4.57 Å². The minimum Gasteiger partial charge on any atom is -0.342 e. The van der Waals surface area contributed by atoms with Gasteiger partial charge in [-0.3, -0.25) is 9.69 Å². The lowest BCUT2D eigenvalue weighted by Crippen LogP contribution is -2.44. The molecule has 1 aliphatic heterocycles. The molecular weight excluding hydrogens is 444 g/mol. The first-order chi connectivity index (χ1) is 17.8. The van der Waals surface area contributed by atoms with E-state index in [2.05, 4.69) is 38.2 Å². The van der Waals surface area contributed by atoms with Crippen molar-refractivity contribution in [2.75, 3.05) is 13.1 Å². The number of rotatable bonds is 6. The summed E-state index contributed by atoms with van der Waals surface area (Å²) in [4.78, 5) is 15.1. The van der Waals surface area contributed by atoms with Gasteiger partial charge in [-0.2, -0.15) is 5.10 Å². The molecule has 5 nitrogen and oxygen atoms in total. The molecule has 1 amide bonds. The van der Waals surface area contributed by atoms with Crippen molar-refractivity contribution in [1.29, 1.82) is 0 Å². The number of hydrazone groups is 1. The largest absolute Gasteiger partial charge is 0.342 e. The predicted molar refractivity (Wildman–Crippen MR) is 147 cm³/mol. The van der Waals surface area contributed by atoms with Crippen LogP contribution in [0.15, 0.2) is 59.7 Å². The quantitative estimate of drug-likeness (QED) is 0.337. The Morgan fingerprint density at radius 1 is 1.00 bits per heavy atom. The number of allylic oxidation sites excluding steroid dienone is 1. The summed E-state index contributed by atoms with van der Waals surface area (Å²) in [5, 5.41) is 5.60. The monoisotopic (exact) mass is 480 g/mol. The number of carbonyl (C=O) groups excluding carboxylic acids is 1. The number of aromatic nitrogens is 1. The van der Waals surface area contributed by atoms with Gasteiger partial charge in [0.2, 0.25) is 0 Å². The molecule has 0 unspecified atom stereocenters. The average molecular weight is 481 g/mol. The molecule has 3 aromatic rings. The summed E-state index contributed by atoms with van der Waals surface area (Å²) in [6, 6.07) is 17.7. The van der Waals surface area contributed by atoms with E-state index < -0.39 is 0 Å². The number of benzene rings is 2. The fourth-order valence-electron chi connectivity index (χ4n) is 6.66. The number of hydrogen-bond acceptors (Lipinski definition) is 3.